The summed E-state index contributed by atoms with van der Waals surface area (Å²) in [5, 5.41) is 23.1. The Labute approximate surface area is 233 Å². The van der Waals surface area contributed by atoms with Gasteiger partial charge < -0.3 is 0 Å². The third kappa shape index (κ3) is 5.52. The second kappa shape index (κ2) is 11.9. The molecule has 0 saturated heterocycles. The molecule has 0 atom stereocenters. The van der Waals surface area contributed by atoms with E-state index in [1.807, 2.05) is 109 Å². The van der Waals surface area contributed by atoms with Crippen LogP contribution in [0.2, 0.25) is 0 Å². The van der Waals surface area contributed by atoms with Crippen molar-refractivity contribution in [3.05, 3.63) is 168 Å². The Hall–Kier alpha value is -5.48. The van der Waals surface area contributed by atoms with Crippen LogP contribution in [0.25, 0.3) is 21.5 Å². The number of hydrogen-bond donors (Lipinski definition) is 0. The summed E-state index contributed by atoms with van der Waals surface area (Å²) in [6.45, 7) is 0. The fourth-order valence-electron chi connectivity index (χ4n) is 4.70. The summed E-state index contributed by atoms with van der Waals surface area (Å²) in [6, 6.07) is 48.8. The molecule has 0 radical (unpaired) electrons. The van der Waals surface area contributed by atoms with Crippen molar-refractivity contribution in [3.8, 4) is 0 Å². The molecule has 0 aliphatic heterocycles. The molecular formula is C36H26N4. The topological polar surface area (TPSA) is 49.4 Å². The van der Waals surface area contributed by atoms with Gasteiger partial charge in [0.1, 0.15) is 11.4 Å². The van der Waals surface area contributed by atoms with Crippen LogP contribution in [0.15, 0.2) is 166 Å². The molecule has 0 aromatic heterocycles. The van der Waals surface area contributed by atoms with Gasteiger partial charge in [-0.25, -0.2) is 0 Å². The zero-order valence-electron chi connectivity index (χ0n) is 21.8. The average molecular weight is 515 g/mol. The Morgan fingerprint density at radius 3 is 1.20 bits per heavy atom. The Kier molecular flexibility index (Phi) is 7.40. The Bertz CT molecular complexity index is 1730. The van der Waals surface area contributed by atoms with Crippen LogP contribution < -0.4 is 0 Å². The van der Waals surface area contributed by atoms with Crippen molar-refractivity contribution in [1.29, 1.82) is 0 Å². The van der Waals surface area contributed by atoms with Crippen molar-refractivity contribution in [2.45, 2.75) is 0 Å². The summed E-state index contributed by atoms with van der Waals surface area (Å²) in [6.07, 6.45) is 3.60. The molecule has 6 rings (SSSR count). The molecule has 190 valence electrons. The van der Waals surface area contributed by atoms with Crippen LogP contribution in [0.5, 0.6) is 0 Å². The van der Waals surface area contributed by atoms with E-state index in [0.717, 1.165) is 43.8 Å². The van der Waals surface area contributed by atoms with Crippen LogP contribution in [-0.2, 0) is 0 Å². The SMILES string of the molecule is C(=N/N=C(\C(=N/N=C/c1cccc2ccccc12)c1ccccc1)c1ccccc1)\c1cccc2ccccc12. The molecule has 0 fully saturated rings. The first kappa shape index (κ1) is 24.8. The van der Waals surface area contributed by atoms with E-state index in [-0.39, 0.29) is 0 Å². The minimum absolute atomic E-state index is 0.637. The lowest BCUT2D eigenvalue weighted by atomic mass is 10.00. The Morgan fingerprint density at radius 2 is 0.750 bits per heavy atom. The molecule has 0 unspecified atom stereocenters. The molecule has 0 aliphatic carbocycles. The third-order valence-electron chi connectivity index (χ3n) is 6.67. The lowest BCUT2D eigenvalue weighted by molar-refractivity contribution is 1.23. The molecule has 0 saturated carbocycles. The molecule has 0 bridgehead atoms. The normalized spacial score (nSPS) is 12.6. The fraction of sp³-hybridized carbons (Fsp3) is 0. The van der Waals surface area contributed by atoms with Crippen LogP contribution in [0.1, 0.15) is 22.3 Å². The molecule has 0 spiro atoms. The highest BCUT2D eigenvalue weighted by molar-refractivity contribution is 6.53. The lowest BCUT2D eigenvalue weighted by Crippen LogP contribution is -2.17. The van der Waals surface area contributed by atoms with E-state index in [9.17, 15) is 0 Å². The van der Waals surface area contributed by atoms with Gasteiger partial charge >= 0.3 is 0 Å². The molecule has 0 heterocycles. The smallest absolute Gasteiger partial charge is 0.121 e. The maximum Gasteiger partial charge on any atom is 0.121 e. The van der Waals surface area contributed by atoms with E-state index in [0.29, 0.717) is 11.4 Å². The predicted molar refractivity (Wildman–Crippen MR) is 169 cm³/mol. The van der Waals surface area contributed by atoms with Gasteiger partial charge in [0.25, 0.3) is 0 Å². The summed E-state index contributed by atoms with van der Waals surface area (Å²) < 4.78 is 0. The van der Waals surface area contributed by atoms with Gasteiger partial charge in [0, 0.05) is 22.3 Å². The summed E-state index contributed by atoms with van der Waals surface area (Å²) in [7, 11) is 0. The Morgan fingerprint density at radius 1 is 0.375 bits per heavy atom. The predicted octanol–water partition coefficient (Wildman–Crippen LogP) is 8.34. The van der Waals surface area contributed by atoms with Gasteiger partial charge in [0.2, 0.25) is 0 Å². The van der Waals surface area contributed by atoms with E-state index in [4.69, 9.17) is 10.2 Å². The van der Waals surface area contributed by atoms with Crippen molar-refractivity contribution in [2.24, 2.45) is 20.4 Å². The molecule has 4 heteroatoms. The van der Waals surface area contributed by atoms with Crippen molar-refractivity contribution in [1.82, 2.24) is 0 Å². The number of fused-ring (bicyclic) bond motifs is 2. The fourth-order valence-corrected chi connectivity index (χ4v) is 4.70. The number of nitrogens with zero attached hydrogens (tertiary/aromatic N) is 4. The minimum Gasteiger partial charge on any atom is -0.158 e. The summed E-state index contributed by atoms with van der Waals surface area (Å²) in [4.78, 5) is 0. The molecular weight excluding hydrogens is 488 g/mol. The zero-order chi connectivity index (χ0) is 27.0. The molecule has 40 heavy (non-hydrogen) atoms. The highest BCUT2D eigenvalue weighted by atomic mass is 15.2. The Balaban J connectivity index is 1.45. The first-order valence-corrected chi connectivity index (χ1v) is 13.2. The molecule has 6 aromatic carbocycles. The van der Waals surface area contributed by atoms with Crippen LogP contribution >= 0.6 is 0 Å². The molecule has 4 nitrogen and oxygen atoms in total. The molecule has 0 amide bonds. The largest absolute Gasteiger partial charge is 0.158 e. The monoisotopic (exact) mass is 514 g/mol. The van der Waals surface area contributed by atoms with Crippen molar-refractivity contribution in [3.63, 3.8) is 0 Å². The maximum absolute atomic E-state index is 4.73. The van der Waals surface area contributed by atoms with Gasteiger partial charge in [-0.1, -0.05) is 146 Å². The van der Waals surface area contributed by atoms with Gasteiger partial charge in [-0.3, -0.25) is 0 Å². The maximum atomic E-state index is 4.73. The first-order valence-electron chi connectivity index (χ1n) is 13.2. The molecule has 6 aromatic rings. The first-order chi connectivity index (χ1) is 19.9. The minimum atomic E-state index is 0.637. The van der Waals surface area contributed by atoms with Crippen molar-refractivity contribution >= 4 is 45.4 Å². The van der Waals surface area contributed by atoms with Gasteiger partial charge in [0.15, 0.2) is 0 Å². The highest BCUT2D eigenvalue weighted by Gasteiger charge is 2.15. The number of rotatable bonds is 7. The molecule has 0 aliphatic rings. The summed E-state index contributed by atoms with van der Waals surface area (Å²) in [5.74, 6) is 0. The van der Waals surface area contributed by atoms with Crippen LogP contribution in [0.3, 0.4) is 0 Å². The van der Waals surface area contributed by atoms with E-state index in [1.165, 1.54) is 0 Å². The van der Waals surface area contributed by atoms with Crippen LogP contribution in [0.4, 0.5) is 0 Å². The van der Waals surface area contributed by atoms with Gasteiger partial charge in [-0.15, -0.1) is 10.2 Å². The summed E-state index contributed by atoms with van der Waals surface area (Å²) in [5.41, 5.74) is 5.08. The average Bonchev–Trinajstić information content (AvgIpc) is 3.03. The van der Waals surface area contributed by atoms with Crippen LogP contribution in [-0.4, -0.2) is 23.9 Å². The van der Waals surface area contributed by atoms with Gasteiger partial charge in [0.05, 0.1) is 12.4 Å². The highest BCUT2D eigenvalue weighted by Crippen LogP contribution is 2.19. The van der Waals surface area contributed by atoms with Gasteiger partial charge in [-0.05, 0) is 21.5 Å². The van der Waals surface area contributed by atoms with E-state index >= 15 is 0 Å². The van der Waals surface area contributed by atoms with Crippen molar-refractivity contribution in [2.75, 3.05) is 0 Å². The second-order valence-electron chi connectivity index (χ2n) is 9.26. The number of hydrogen-bond acceptors (Lipinski definition) is 4. The zero-order valence-corrected chi connectivity index (χ0v) is 21.8. The quantitative estimate of drug-likeness (QED) is 0.152. The van der Waals surface area contributed by atoms with Crippen molar-refractivity contribution < 1.29 is 0 Å². The third-order valence-corrected chi connectivity index (χ3v) is 6.67. The standard InChI is InChI=1S/C36H26N4/c1-3-15-29(16-4-1)35(39-37-25-31-21-11-19-27-13-7-9-23-33(27)31)36(30-17-5-2-6-18-30)40-38-26-32-22-12-20-28-14-8-10-24-34(28)32/h1-26H/b37-25+,38-26+,39-35-,40-36-. The lowest BCUT2D eigenvalue weighted by Gasteiger charge is -2.09. The van der Waals surface area contributed by atoms with E-state index in [1.54, 1.807) is 12.4 Å². The molecule has 0 N–H and O–H groups in total. The second-order valence-corrected chi connectivity index (χ2v) is 9.26. The van der Waals surface area contributed by atoms with Crippen LogP contribution in [0, 0.1) is 0 Å². The van der Waals surface area contributed by atoms with Gasteiger partial charge in [-0.2, -0.15) is 10.2 Å². The number of benzene rings is 6. The summed E-state index contributed by atoms with van der Waals surface area (Å²) >= 11 is 0. The van der Waals surface area contributed by atoms with E-state index < -0.39 is 0 Å². The van der Waals surface area contributed by atoms with E-state index in [2.05, 4.69) is 46.6 Å².